The smallest absolute Gasteiger partial charge is 0.194 e. The van der Waals surface area contributed by atoms with E-state index in [0.717, 1.165) is 51.1 Å². The van der Waals surface area contributed by atoms with Gasteiger partial charge in [0.05, 0.1) is 12.6 Å². The van der Waals surface area contributed by atoms with Gasteiger partial charge in [0.25, 0.3) is 0 Å². The highest BCUT2D eigenvalue weighted by Gasteiger charge is 2.27. The summed E-state index contributed by atoms with van der Waals surface area (Å²) in [6, 6.07) is 0.816. The standard InChI is InChI=1S/C14H28N4O/c1-3-15-14(18-9-7-13(19)11-18)16-8-10-17(4-2)12-5-6-12/h12-13,19H,3-11H2,1-2H3,(H,15,16)/t13-/m1/s1. The molecule has 2 rings (SSSR count). The third-order valence-electron chi connectivity index (χ3n) is 3.92. The number of β-amino-alcohol motifs (C(OH)–C–C–N with tert-alkyl or cyclic N) is 1. The molecule has 5 heteroatoms. The summed E-state index contributed by atoms with van der Waals surface area (Å²) in [5.41, 5.74) is 0. The Morgan fingerprint density at radius 2 is 2.16 bits per heavy atom. The van der Waals surface area contributed by atoms with Crippen LogP contribution in [0.2, 0.25) is 0 Å². The molecule has 2 aliphatic rings. The monoisotopic (exact) mass is 268 g/mol. The topological polar surface area (TPSA) is 51.1 Å². The van der Waals surface area contributed by atoms with Crippen LogP contribution in [0.1, 0.15) is 33.1 Å². The first-order valence-corrected chi connectivity index (χ1v) is 7.70. The maximum Gasteiger partial charge on any atom is 0.194 e. The van der Waals surface area contributed by atoms with Crippen molar-refractivity contribution in [2.24, 2.45) is 4.99 Å². The van der Waals surface area contributed by atoms with Crippen LogP contribution >= 0.6 is 0 Å². The summed E-state index contributed by atoms with van der Waals surface area (Å²) in [6.07, 6.45) is 3.38. The van der Waals surface area contributed by atoms with Crippen molar-refractivity contribution >= 4 is 5.96 Å². The molecule has 1 saturated heterocycles. The van der Waals surface area contributed by atoms with Gasteiger partial charge in [0.2, 0.25) is 0 Å². The summed E-state index contributed by atoms with van der Waals surface area (Å²) in [6.45, 7) is 9.84. The summed E-state index contributed by atoms with van der Waals surface area (Å²) < 4.78 is 0. The Labute approximate surface area is 116 Å². The zero-order valence-electron chi connectivity index (χ0n) is 12.3. The molecule has 0 radical (unpaired) electrons. The van der Waals surface area contributed by atoms with Gasteiger partial charge in [0.15, 0.2) is 5.96 Å². The second-order valence-electron chi connectivity index (χ2n) is 5.48. The molecule has 0 amide bonds. The maximum atomic E-state index is 9.62. The van der Waals surface area contributed by atoms with E-state index in [9.17, 15) is 5.11 Å². The highest BCUT2D eigenvalue weighted by Crippen LogP contribution is 2.25. The fourth-order valence-electron chi connectivity index (χ4n) is 2.68. The van der Waals surface area contributed by atoms with E-state index in [-0.39, 0.29) is 6.10 Å². The van der Waals surface area contributed by atoms with Crippen molar-refractivity contribution in [3.05, 3.63) is 0 Å². The fourth-order valence-corrected chi connectivity index (χ4v) is 2.68. The lowest BCUT2D eigenvalue weighted by Crippen LogP contribution is -2.41. The Morgan fingerprint density at radius 3 is 2.68 bits per heavy atom. The normalized spacial score (nSPS) is 24.3. The number of likely N-dealkylation sites (N-methyl/N-ethyl adjacent to an activating group) is 1. The van der Waals surface area contributed by atoms with Gasteiger partial charge in [0, 0.05) is 32.2 Å². The molecule has 110 valence electrons. The molecule has 1 aliphatic heterocycles. The average molecular weight is 268 g/mol. The van der Waals surface area contributed by atoms with Crippen molar-refractivity contribution in [2.45, 2.75) is 45.3 Å². The first-order chi connectivity index (χ1) is 9.24. The van der Waals surface area contributed by atoms with E-state index in [0.29, 0.717) is 6.54 Å². The van der Waals surface area contributed by atoms with E-state index >= 15 is 0 Å². The predicted octanol–water partition coefficient (Wildman–Crippen LogP) is 0.503. The van der Waals surface area contributed by atoms with Crippen LogP contribution in [0.25, 0.3) is 0 Å². The number of hydrogen-bond donors (Lipinski definition) is 2. The van der Waals surface area contributed by atoms with Crippen LogP contribution in [0.3, 0.4) is 0 Å². The van der Waals surface area contributed by atoms with Crippen LogP contribution in [0, 0.1) is 0 Å². The van der Waals surface area contributed by atoms with Crippen LogP contribution in [0.4, 0.5) is 0 Å². The molecule has 2 N–H and O–H groups in total. The molecule has 0 aromatic rings. The Balaban J connectivity index is 1.81. The summed E-state index contributed by atoms with van der Waals surface area (Å²) in [4.78, 5) is 9.39. The highest BCUT2D eigenvalue weighted by molar-refractivity contribution is 5.80. The first kappa shape index (κ1) is 14.6. The van der Waals surface area contributed by atoms with Crippen molar-refractivity contribution in [1.29, 1.82) is 0 Å². The lowest BCUT2D eigenvalue weighted by molar-refractivity contribution is 0.187. The molecule has 0 aromatic heterocycles. The van der Waals surface area contributed by atoms with E-state index in [2.05, 4.69) is 29.0 Å². The third-order valence-corrected chi connectivity index (χ3v) is 3.92. The SMILES string of the molecule is CCNC(=NCCN(CC)C1CC1)N1CC[C@@H](O)C1. The van der Waals surface area contributed by atoms with Gasteiger partial charge < -0.3 is 15.3 Å². The van der Waals surface area contributed by atoms with Crippen molar-refractivity contribution in [1.82, 2.24) is 15.1 Å². The molecule has 2 fully saturated rings. The fraction of sp³-hybridized carbons (Fsp3) is 0.929. The van der Waals surface area contributed by atoms with E-state index in [1.54, 1.807) is 0 Å². The summed E-state index contributed by atoms with van der Waals surface area (Å²) >= 11 is 0. The molecule has 0 bridgehead atoms. The van der Waals surface area contributed by atoms with Crippen LogP contribution in [0.5, 0.6) is 0 Å². The molecule has 0 unspecified atom stereocenters. The number of aliphatic hydroxyl groups is 1. The van der Waals surface area contributed by atoms with Crippen LogP contribution in [0.15, 0.2) is 4.99 Å². The molecule has 1 aliphatic carbocycles. The number of guanidine groups is 1. The van der Waals surface area contributed by atoms with E-state index in [4.69, 9.17) is 4.99 Å². The zero-order valence-corrected chi connectivity index (χ0v) is 12.3. The molecule has 1 heterocycles. The predicted molar refractivity (Wildman–Crippen MR) is 78.4 cm³/mol. The minimum atomic E-state index is -0.192. The highest BCUT2D eigenvalue weighted by atomic mass is 16.3. The molecule has 1 atom stereocenters. The second kappa shape index (κ2) is 7.10. The van der Waals surface area contributed by atoms with Crippen LogP contribution in [-0.4, -0.2) is 72.3 Å². The van der Waals surface area contributed by atoms with E-state index in [1.807, 2.05) is 0 Å². The second-order valence-corrected chi connectivity index (χ2v) is 5.48. The van der Waals surface area contributed by atoms with Gasteiger partial charge in [-0.15, -0.1) is 0 Å². The van der Waals surface area contributed by atoms with E-state index < -0.39 is 0 Å². The quantitative estimate of drug-likeness (QED) is 0.544. The van der Waals surface area contributed by atoms with Gasteiger partial charge in [-0.25, -0.2) is 0 Å². The van der Waals surface area contributed by atoms with Gasteiger partial charge in [-0.1, -0.05) is 6.92 Å². The minimum Gasteiger partial charge on any atom is -0.391 e. The molecule has 1 saturated carbocycles. The summed E-state index contributed by atoms with van der Waals surface area (Å²) in [5.74, 6) is 0.964. The third kappa shape index (κ3) is 4.35. The molecule has 5 nitrogen and oxygen atoms in total. The Kier molecular flexibility index (Phi) is 5.45. The van der Waals surface area contributed by atoms with Gasteiger partial charge >= 0.3 is 0 Å². The van der Waals surface area contributed by atoms with Gasteiger partial charge in [-0.3, -0.25) is 9.89 Å². The lowest BCUT2D eigenvalue weighted by Gasteiger charge is -2.22. The Morgan fingerprint density at radius 1 is 1.37 bits per heavy atom. The number of nitrogens with zero attached hydrogens (tertiary/aromatic N) is 3. The van der Waals surface area contributed by atoms with Crippen molar-refractivity contribution in [2.75, 3.05) is 39.3 Å². The number of rotatable bonds is 6. The molecular formula is C14H28N4O. The first-order valence-electron chi connectivity index (χ1n) is 7.70. The van der Waals surface area contributed by atoms with Crippen LogP contribution < -0.4 is 5.32 Å². The molecule has 0 aromatic carbocycles. The van der Waals surface area contributed by atoms with E-state index in [1.165, 1.54) is 12.8 Å². The average Bonchev–Trinajstić information content (AvgIpc) is 3.15. The molecule has 0 spiro atoms. The number of likely N-dealkylation sites (tertiary alicyclic amines) is 1. The van der Waals surface area contributed by atoms with Crippen molar-refractivity contribution in [3.63, 3.8) is 0 Å². The Bertz CT molecular complexity index is 304. The summed E-state index contributed by atoms with van der Waals surface area (Å²) in [7, 11) is 0. The van der Waals surface area contributed by atoms with Crippen molar-refractivity contribution < 1.29 is 5.11 Å². The molecule has 19 heavy (non-hydrogen) atoms. The molecular weight excluding hydrogens is 240 g/mol. The Hall–Kier alpha value is -0.810. The summed E-state index contributed by atoms with van der Waals surface area (Å²) in [5, 5.41) is 12.9. The number of aliphatic imine (C=N–C) groups is 1. The number of nitrogens with one attached hydrogen (secondary N) is 1. The maximum absolute atomic E-state index is 9.62. The zero-order chi connectivity index (χ0) is 13.7. The minimum absolute atomic E-state index is 0.192. The lowest BCUT2D eigenvalue weighted by atomic mass is 10.3. The van der Waals surface area contributed by atoms with Gasteiger partial charge in [0.1, 0.15) is 0 Å². The number of aliphatic hydroxyl groups excluding tert-OH is 1. The largest absolute Gasteiger partial charge is 0.391 e. The van der Waals surface area contributed by atoms with Gasteiger partial charge in [-0.2, -0.15) is 0 Å². The number of hydrogen-bond acceptors (Lipinski definition) is 3. The van der Waals surface area contributed by atoms with Crippen LogP contribution in [-0.2, 0) is 0 Å². The van der Waals surface area contributed by atoms with Gasteiger partial charge in [-0.05, 0) is 32.7 Å². The van der Waals surface area contributed by atoms with Crippen molar-refractivity contribution in [3.8, 4) is 0 Å².